The van der Waals surface area contributed by atoms with Gasteiger partial charge in [-0.25, -0.2) is 13.2 Å². The number of nitrogens with zero attached hydrogens (tertiary/aromatic N) is 1. The van der Waals surface area contributed by atoms with Crippen LogP contribution in [0.25, 0.3) is 0 Å². The number of nitrogens with one attached hydrogen (secondary N) is 2. The van der Waals surface area contributed by atoms with Crippen LogP contribution in [0.5, 0.6) is 0 Å². The molecule has 0 aromatic heterocycles. The lowest BCUT2D eigenvalue weighted by atomic mass is 9.98. The first kappa shape index (κ1) is 24.6. The number of halogens is 3. The molecule has 1 aromatic carbocycles. The first-order valence-corrected chi connectivity index (χ1v) is 10.7. The molecule has 2 N–H and O–H groups in total. The Balaban J connectivity index is 1.98. The maximum atomic E-state index is 12.9. The molecular formula is C18H22F3N3O6S. The third kappa shape index (κ3) is 6.17. The van der Waals surface area contributed by atoms with E-state index in [1.54, 1.807) is 0 Å². The molecule has 1 aliphatic rings. The van der Waals surface area contributed by atoms with Crippen molar-refractivity contribution in [1.82, 2.24) is 14.9 Å². The maximum absolute atomic E-state index is 12.9. The molecule has 2 rings (SSSR count). The lowest BCUT2D eigenvalue weighted by Crippen LogP contribution is -2.45. The number of hydrogen-bond donors (Lipinski definition) is 2. The van der Waals surface area contributed by atoms with Crippen LogP contribution in [0.2, 0.25) is 0 Å². The number of carbonyl (C=O) groups is 3. The number of piperidine rings is 1. The van der Waals surface area contributed by atoms with Crippen LogP contribution in [0.3, 0.4) is 0 Å². The van der Waals surface area contributed by atoms with Crippen LogP contribution in [0, 0.1) is 5.92 Å². The molecule has 1 heterocycles. The van der Waals surface area contributed by atoms with Crippen molar-refractivity contribution in [2.45, 2.75) is 36.9 Å². The number of sulfonamides is 1. The van der Waals surface area contributed by atoms with Crippen LogP contribution in [-0.2, 0) is 30.5 Å². The summed E-state index contributed by atoms with van der Waals surface area (Å²) in [5.41, 5.74) is -1.07. The fourth-order valence-corrected chi connectivity index (χ4v) is 4.43. The summed E-state index contributed by atoms with van der Waals surface area (Å²) in [7, 11) is -2.87. The SMILES string of the molecule is CNC(=O)NC(=O)C(C)OC(=O)C1CCN(S(=O)(=O)c2cccc(C(F)(F)F)c2)CC1. The first-order valence-electron chi connectivity index (χ1n) is 9.26. The zero-order chi connectivity index (χ0) is 23.4. The summed E-state index contributed by atoms with van der Waals surface area (Å²) in [5, 5.41) is 4.14. The Morgan fingerprint density at radius 2 is 1.81 bits per heavy atom. The Morgan fingerprint density at radius 1 is 1.19 bits per heavy atom. The molecule has 1 atom stereocenters. The predicted octanol–water partition coefficient (Wildman–Crippen LogP) is 1.49. The molecule has 31 heavy (non-hydrogen) atoms. The zero-order valence-electron chi connectivity index (χ0n) is 16.7. The second-order valence-corrected chi connectivity index (χ2v) is 8.79. The lowest BCUT2D eigenvalue weighted by molar-refractivity contribution is -0.159. The monoisotopic (exact) mass is 465 g/mol. The van der Waals surface area contributed by atoms with Crippen molar-refractivity contribution in [3.05, 3.63) is 29.8 Å². The molecule has 0 aliphatic carbocycles. The third-order valence-electron chi connectivity index (χ3n) is 4.71. The molecule has 1 fully saturated rings. The molecule has 0 saturated carbocycles. The number of amides is 3. The molecule has 1 saturated heterocycles. The van der Waals surface area contributed by atoms with Gasteiger partial charge in [-0.05, 0) is 38.0 Å². The second kappa shape index (κ2) is 9.64. The summed E-state index contributed by atoms with van der Waals surface area (Å²) in [6.07, 6.45) is -5.78. The lowest BCUT2D eigenvalue weighted by Gasteiger charge is -2.30. The van der Waals surface area contributed by atoms with Gasteiger partial charge in [0.05, 0.1) is 16.4 Å². The fraction of sp³-hybridized carbons (Fsp3) is 0.500. The molecule has 0 spiro atoms. The van der Waals surface area contributed by atoms with E-state index in [2.05, 4.69) is 5.32 Å². The predicted molar refractivity (Wildman–Crippen MR) is 101 cm³/mol. The number of esters is 1. The van der Waals surface area contributed by atoms with E-state index in [4.69, 9.17) is 4.74 Å². The molecule has 1 unspecified atom stereocenters. The fourth-order valence-electron chi connectivity index (χ4n) is 2.91. The Morgan fingerprint density at radius 3 is 2.35 bits per heavy atom. The molecule has 1 aromatic rings. The van der Waals surface area contributed by atoms with Crippen LogP contribution < -0.4 is 10.6 Å². The smallest absolute Gasteiger partial charge is 0.416 e. The number of urea groups is 1. The van der Waals surface area contributed by atoms with Gasteiger partial charge in [0.2, 0.25) is 10.0 Å². The highest BCUT2D eigenvalue weighted by Crippen LogP contribution is 2.32. The van der Waals surface area contributed by atoms with E-state index in [1.165, 1.54) is 14.0 Å². The normalized spacial score (nSPS) is 16.9. The number of rotatable bonds is 5. The largest absolute Gasteiger partial charge is 0.452 e. The number of carbonyl (C=O) groups excluding carboxylic acids is 3. The van der Waals surface area contributed by atoms with Gasteiger partial charge in [-0.15, -0.1) is 0 Å². The summed E-state index contributed by atoms with van der Waals surface area (Å²) in [4.78, 5) is 34.7. The van der Waals surface area contributed by atoms with Crippen molar-refractivity contribution >= 4 is 27.9 Å². The minimum Gasteiger partial charge on any atom is -0.452 e. The summed E-state index contributed by atoms with van der Waals surface area (Å²) in [5.74, 6) is -2.24. The molecule has 1 aliphatic heterocycles. The molecular weight excluding hydrogens is 443 g/mol. The van der Waals surface area contributed by atoms with Crippen molar-refractivity contribution in [2.75, 3.05) is 20.1 Å². The van der Waals surface area contributed by atoms with Crippen molar-refractivity contribution < 1.29 is 40.7 Å². The van der Waals surface area contributed by atoms with Gasteiger partial charge < -0.3 is 10.1 Å². The number of benzene rings is 1. The number of alkyl halides is 3. The summed E-state index contributed by atoms with van der Waals surface area (Å²) >= 11 is 0. The molecule has 3 amide bonds. The Kier molecular flexibility index (Phi) is 7.65. The van der Waals surface area contributed by atoms with Crippen LogP contribution >= 0.6 is 0 Å². The van der Waals surface area contributed by atoms with Crippen LogP contribution in [0.15, 0.2) is 29.2 Å². The van der Waals surface area contributed by atoms with Gasteiger partial charge in [-0.1, -0.05) is 6.07 Å². The first-order chi connectivity index (χ1) is 14.4. The quantitative estimate of drug-likeness (QED) is 0.636. The van der Waals surface area contributed by atoms with E-state index < -0.39 is 56.6 Å². The standard InChI is InChI=1S/C18H22F3N3O6S/c1-11(15(25)23-17(27)22-2)30-16(26)12-6-8-24(9-7-12)31(28,29)14-5-3-4-13(10-14)18(19,20)21/h3-5,10-12H,6-9H2,1-2H3,(H2,22,23,25,27). The highest BCUT2D eigenvalue weighted by atomic mass is 32.2. The maximum Gasteiger partial charge on any atom is 0.416 e. The van der Waals surface area contributed by atoms with E-state index in [0.29, 0.717) is 6.07 Å². The summed E-state index contributed by atoms with van der Waals surface area (Å²) < 4.78 is 70.1. The molecule has 13 heteroatoms. The van der Waals surface area contributed by atoms with E-state index >= 15 is 0 Å². The number of imide groups is 1. The Hall–Kier alpha value is -2.67. The van der Waals surface area contributed by atoms with Gasteiger partial charge in [0.15, 0.2) is 6.10 Å². The van der Waals surface area contributed by atoms with Crippen molar-refractivity contribution in [2.24, 2.45) is 5.92 Å². The van der Waals surface area contributed by atoms with Crippen molar-refractivity contribution in [1.29, 1.82) is 0 Å². The van der Waals surface area contributed by atoms with Crippen molar-refractivity contribution in [3.63, 3.8) is 0 Å². The summed E-state index contributed by atoms with van der Waals surface area (Å²) in [6, 6.07) is 2.69. The Labute approximate surface area is 177 Å². The number of hydrogen-bond acceptors (Lipinski definition) is 6. The minimum atomic E-state index is -4.68. The third-order valence-corrected chi connectivity index (χ3v) is 6.61. The van der Waals surface area contributed by atoms with E-state index in [1.807, 2.05) is 5.32 Å². The van der Waals surface area contributed by atoms with Gasteiger partial charge in [0.25, 0.3) is 5.91 Å². The van der Waals surface area contributed by atoms with Gasteiger partial charge in [0, 0.05) is 20.1 Å². The average Bonchev–Trinajstić information content (AvgIpc) is 2.73. The van der Waals surface area contributed by atoms with Crippen LogP contribution in [0.1, 0.15) is 25.3 Å². The van der Waals surface area contributed by atoms with E-state index in [9.17, 15) is 36.0 Å². The van der Waals surface area contributed by atoms with Crippen LogP contribution in [0.4, 0.5) is 18.0 Å². The molecule has 0 radical (unpaired) electrons. The minimum absolute atomic E-state index is 0.0702. The molecule has 0 bridgehead atoms. The molecule has 9 nitrogen and oxygen atoms in total. The second-order valence-electron chi connectivity index (χ2n) is 6.85. The van der Waals surface area contributed by atoms with Gasteiger partial charge in [-0.3, -0.25) is 14.9 Å². The van der Waals surface area contributed by atoms with Gasteiger partial charge in [0.1, 0.15) is 0 Å². The van der Waals surface area contributed by atoms with Crippen molar-refractivity contribution in [3.8, 4) is 0 Å². The molecule has 172 valence electrons. The average molecular weight is 465 g/mol. The van der Waals surface area contributed by atoms with Gasteiger partial charge >= 0.3 is 18.2 Å². The Bertz CT molecular complexity index is 943. The van der Waals surface area contributed by atoms with E-state index in [0.717, 1.165) is 22.5 Å². The highest BCUT2D eigenvalue weighted by Gasteiger charge is 2.36. The van der Waals surface area contributed by atoms with Gasteiger partial charge in [-0.2, -0.15) is 17.5 Å². The zero-order valence-corrected chi connectivity index (χ0v) is 17.5. The topological polar surface area (TPSA) is 122 Å². The number of ether oxygens (including phenoxy) is 1. The highest BCUT2D eigenvalue weighted by molar-refractivity contribution is 7.89. The summed E-state index contributed by atoms with van der Waals surface area (Å²) in [6.45, 7) is 1.08. The van der Waals surface area contributed by atoms with Crippen LogP contribution in [-0.4, -0.2) is 56.9 Å². The van der Waals surface area contributed by atoms with E-state index in [-0.39, 0.29) is 25.9 Å².